The lowest BCUT2D eigenvalue weighted by molar-refractivity contribution is 0.0734. The van der Waals surface area contributed by atoms with Crippen LogP contribution in [0.5, 0.6) is 5.75 Å². The third kappa shape index (κ3) is 3.98. The summed E-state index contributed by atoms with van der Waals surface area (Å²) in [5.74, 6) is 1.51. The van der Waals surface area contributed by atoms with E-state index in [1.165, 1.54) is 11.1 Å². The van der Waals surface area contributed by atoms with Crippen LogP contribution in [0.25, 0.3) is 0 Å². The van der Waals surface area contributed by atoms with Crippen LogP contribution < -0.4 is 10.1 Å². The number of hydrogen-bond acceptors (Lipinski definition) is 4. The third-order valence-corrected chi connectivity index (χ3v) is 4.86. The summed E-state index contributed by atoms with van der Waals surface area (Å²) in [5, 5.41) is 3.25. The lowest BCUT2D eigenvalue weighted by Gasteiger charge is -2.29. The number of carbonyl (C=O) groups excluding carboxylic acids is 1. The van der Waals surface area contributed by atoms with Gasteiger partial charge >= 0.3 is 0 Å². The maximum Gasteiger partial charge on any atom is 0.254 e. The molecule has 3 aromatic rings. The summed E-state index contributed by atoms with van der Waals surface area (Å²) in [6, 6.07) is 19.6. The fourth-order valence-corrected chi connectivity index (χ4v) is 3.43. The van der Waals surface area contributed by atoms with Crippen molar-refractivity contribution in [3.63, 3.8) is 0 Å². The Morgan fingerprint density at radius 1 is 1.11 bits per heavy atom. The SMILES string of the molecule is CCOc1ccc(Nc2cc(C(=O)N3CCc4ccccc4C3)ccn2)cc1. The molecule has 0 fully saturated rings. The minimum atomic E-state index is 0.0339. The van der Waals surface area contributed by atoms with Gasteiger partial charge in [0.25, 0.3) is 5.91 Å². The Bertz CT molecular complexity index is 970. The summed E-state index contributed by atoms with van der Waals surface area (Å²) in [7, 11) is 0. The zero-order valence-electron chi connectivity index (χ0n) is 15.9. The summed E-state index contributed by atoms with van der Waals surface area (Å²) < 4.78 is 5.46. The van der Waals surface area contributed by atoms with Crippen molar-refractivity contribution in [2.45, 2.75) is 19.9 Å². The fraction of sp³-hybridized carbons (Fsp3) is 0.217. The molecule has 1 amide bonds. The lowest BCUT2D eigenvalue weighted by Crippen LogP contribution is -2.35. The maximum absolute atomic E-state index is 13.0. The van der Waals surface area contributed by atoms with Crippen LogP contribution in [-0.2, 0) is 13.0 Å². The number of pyridine rings is 1. The van der Waals surface area contributed by atoms with Gasteiger partial charge in [-0.3, -0.25) is 4.79 Å². The van der Waals surface area contributed by atoms with Crippen LogP contribution in [0.15, 0.2) is 66.9 Å². The number of anilines is 2. The van der Waals surface area contributed by atoms with E-state index in [-0.39, 0.29) is 5.91 Å². The predicted octanol–water partition coefficient (Wildman–Crippen LogP) is 4.42. The van der Waals surface area contributed by atoms with Crippen molar-refractivity contribution in [1.29, 1.82) is 0 Å². The molecule has 0 spiro atoms. The minimum absolute atomic E-state index is 0.0339. The summed E-state index contributed by atoms with van der Waals surface area (Å²) in [5.41, 5.74) is 4.10. The lowest BCUT2D eigenvalue weighted by atomic mass is 9.99. The quantitative estimate of drug-likeness (QED) is 0.719. The number of fused-ring (bicyclic) bond motifs is 1. The highest BCUT2D eigenvalue weighted by Crippen LogP contribution is 2.22. The second kappa shape index (κ2) is 8.13. The molecule has 1 aromatic heterocycles. The second-order valence-corrected chi connectivity index (χ2v) is 6.76. The van der Waals surface area contributed by atoms with E-state index in [4.69, 9.17) is 4.74 Å². The smallest absolute Gasteiger partial charge is 0.254 e. The number of benzene rings is 2. The molecule has 142 valence electrons. The van der Waals surface area contributed by atoms with E-state index < -0.39 is 0 Å². The van der Waals surface area contributed by atoms with E-state index in [1.807, 2.05) is 42.2 Å². The van der Waals surface area contributed by atoms with Gasteiger partial charge in [0, 0.05) is 30.5 Å². The second-order valence-electron chi connectivity index (χ2n) is 6.76. The van der Waals surface area contributed by atoms with Gasteiger partial charge in [0.2, 0.25) is 0 Å². The van der Waals surface area contributed by atoms with Crippen LogP contribution in [-0.4, -0.2) is 28.9 Å². The molecule has 5 nitrogen and oxygen atoms in total. The summed E-state index contributed by atoms with van der Waals surface area (Å²) in [4.78, 5) is 19.2. The van der Waals surface area contributed by atoms with Crippen molar-refractivity contribution in [2.24, 2.45) is 0 Å². The Kier molecular flexibility index (Phi) is 5.24. The summed E-state index contributed by atoms with van der Waals surface area (Å²) >= 11 is 0. The molecule has 28 heavy (non-hydrogen) atoms. The number of amides is 1. The first-order chi connectivity index (χ1) is 13.7. The fourth-order valence-electron chi connectivity index (χ4n) is 3.43. The van der Waals surface area contributed by atoms with E-state index >= 15 is 0 Å². The molecule has 0 aliphatic carbocycles. The highest BCUT2D eigenvalue weighted by atomic mass is 16.5. The van der Waals surface area contributed by atoms with E-state index in [9.17, 15) is 4.79 Å². The Labute approximate surface area is 165 Å². The van der Waals surface area contributed by atoms with Gasteiger partial charge in [0.05, 0.1) is 6.61 Å². The van der Waals surface area contributed by atoms with Crippen molar-refractivity contribution < 1.29 is 9.53 Å². The average Bonchev–Trinajstić information content (AvgIpc) is 2.75. The van der Waals surface area contributed by atoms with Gasteiger partial charge in [-0.1, -0.05) is 24.3 Å². The monoisotopic (exact) mass is 373 g/mol. The summed E-state index contributed by atoms with van der Waals surface area (Å²) in [6.07, 6.45) is 2.56. The zero-order valence-corrected chi connectivity index (χ0v) is 15.9. The van der Waals surface area contributed by atoms with E-state index in [0.29, 0.717) is 24.5 Å². The standard InChI is InChI=1S/C23H23N3O2/c1-2-28-21-9-7-20(8-10-21)25-22-15-18(11-13-24-22)23(27)26-14-12-17-5-3-4-6-19(17)16-26/h3-11,13,15H,2,12,14,16H2,1H3,(H,24,25). The van der Waals surface area contributed by atoms with Gasteiger partial charge in [-0.05, 0) is 60.9 Å². The molecule has 2 aromatic carbocycles. The van der Waals surface area contributed by atoms with Gasteiger partial charge < -0.3 is 15.0 Å². The zero-order chi connectivity index (χ0) is 19.3. The van der Waals surface area contributed by atoms with Crippen LogP contribution in [0, 0.1) is 0 Å². The predicted molar refractivity (Wildman–Crippen MR) is 110 cm³/mol. The molecule has 0 unspecified atom stereocenters. The molecular weight excluding hydrogens is 350 g/mol. The molecule has 1 N–H and O–H groups in total. The molecule has 4 rings (SSSR count). The molecule has 2 heterocycles. The Hall–Kier alpha value is -3.34. The molecule has 1 aliphatic rings. The van der Waals surface area contributed by atoms with E-state index in [2.05, 4.69) is 28.5 Å². The number of nitrogens with zero attached hydrogens (tertiary/aromatic N) is 2. The van der Waals surface area contributed by atoms with Crippen molar-refractivity contribution in [1.82, 2.24) is 9.88 Å². The van der Waals surface area contributed by atoms with Crippen molar-refractivity contribution >= 4 is 17.4 Å². The average molecular weight is 373 g/mol. The van der Waals surface area contributed by atoms with Crippen molar-refractivity contribution in [2.75, 3.05) is 18.5 Å². The Morgan fingerprint density at radius 2 is 1.89 bits per heavy atom. The third-order valence-electron chi connectivity index (χ3n) is 4.86. The van der Waals surface area contributed by atoms with Crippen LogP contribution >= 0.6 is 0 Å². The highest BCUT2D eigenvalue weighted by Gasteiger charge is 2.21. The summed E-state index contributed by atoms with van der Waals surface area (Å²) in [6.45, 7) is 3.98. The van der Waals surface area contributed by atoms with Gasteiger partial charge in [-0.15, -0.1) is 0 Å². The molecule has 1 aliphatic heterocycles. The molecular formula is C23H23N3O2. The molecule has 0 saturated heterocycles. The van der Waals surface area contributed by atoms with E-state index in [1.54, 1.807) is 18.3 Å². The first kappa shape index (κ1) is 18.0. The highest BCUT2D eigenvalue weighted by molar-refractivity contribution is 5.95. The van der Waals surface area contributed by atoms with Gasteiger partial charge in [-0.2, -0.15) is 0 Å². The number of nitrogens with one attached hydrogen (secondary N) is 1. The van der Waals surface area contributed by atoms with Crippen molar-refractivity contribution in [3.05, 3.63) is 83.6 Å². The van der Waals surface area contributed by atoms with Gasteiger partial charge in [0.1, 0.15) is 11.6 Å². The number of ether oxygens (including phenoxy) is 1. The largest absolute Gasteiger partial charge is 0.494 e. The molecule has 0 radical (unpaired) electrons. The molecule has 0 atom stereocenters. The van der Waals surface area contributed by atoms with E-state index in [0.717, 1.165) is 24.4 Å². The van der Waals surface area contributed by atoms with Crippen LogP contribution in [0.3, 0.4) is 0 Å². The van der Waals surface area contributed by atoms with Crippen LogP contribution in [0.2, 0.25) is 0 Å². The normalized spacial score (nSPS) is 13.0. The van der Waals surface area contributed by atoms with Gasteiger partial charge in [0.15, 0.2) is 0 Å². The number of rotatable bonds is 5. The first-order valence-corrected chi connectivity index (χ1v) is 9.55. The Morgan fingerprint density at radius 3 is 2.68 bits per heavy atom. The van der Waals surface area contributed by atoms with Crippen LogP contribution in [0.4, 0.5) is 11.5 Å². The number of carbonyl (C=O) groups is 1. The Balaban J connectivity index is 1.47. The molecule has 5 heteroatoms. The van der Waals surface area contributed by atoms with Gasteiger partial charge in [-0.25, -0.2) is 4.98 Å². The first-order valence-electron chi connectivity index (χ1n) is 9.55. The van der Waals surface area contributed by atoms with Crippen molar-refractivity contribution in [3.8, 4) is 5.75 Å². The minimum Gasteiger partial charge on any atom is -0.494 e. The number of hydrogen-bond donors (Lipinski definition) is 1. The topological polar surface area (TPSA) is 54.5 Å². The molecule has 0 bridgehead atoms. The maximum atomic E-state index is 13.0. The van der Waals surface area contributed by atoms with Crippen LogP contribution in [0.1, 0.15) is 28.4 Å². The molecule has 0 saturated carbocycles. The number of aromatic nitrogens is 1.